The van der Waals surface area contributed by atoms with Crippen molar-refractivity contribution in [1.29, 1.82) is 5.41 Å². The Balaban J connectivity index is 0.743. The van der Waals surface area contributed by atoms with Crippen LogP contribution in [0.25, 0.3) is 21.3 Å². The van der Waals surface area contributed by atoms with Gasteiger partial charge >= 0.3 is 5.97 Å². The smallest absolute Gasteiger partial charge is 0.355 e. The molecule has 2 saturated heterocycles. The summed E-state index contributed by atoms with van der Waals surface area (Å²) in [5.74, 6) is -1.10. The van der Waals surface area contributed by atoms with Crippen molar-refractivity contribution in [3.63, 3.8) is 0 Å². The number of fused-ring (bicyclic) bond motifs is 2. The molecule has 73 heavy (non-hydrogen) atoms. The third-order valence-corrected chi connectivity index (χ3v) is 14.9. The maximum Gasteiger partial charge on any atom is 0.355 e. The normalized spacial score (nSPS) is 15.6. The lowest BCUT2D eigenvalue weighted by Gasteiger charge is -2.36. The number of benzene rings is 5. The van der Waals surface area contributed by atoms with E-state index in [-0.39, 0.29) is 35.5 Å². The number of carbonyl (C=O) groups excluding carboxylic acids is 4. The number of imide groups is 1. The summed E-state index contributed by atoms with van der Waals surface area (Å²) in [5, 5.41) is 28.3. The molecule has 0 spiro atoms. The summed E-state index contributed by atoms with van der Waals surface area (Å²) < 4.78 is 7.35. The largest absolute Gasteiger partial charge is 0.476 e. The topological polar surface area (TPSA) is 210 Å². The van der Waals surface area contributed by atoms with Gasteiger partial charge in [0.2, 0.25) is 17.7 Å². The first-order valence-corrected chi connectivity index (χ1v) is 25.1. The Morgan fingerprint density at radius 3 is 2.40 bits per heavy atom. The molecule has 1 atom stereocenters. The Morgan fingerprint density at radius 2 is 1.63 bits per heavy atom. The number of rotatable bonds is 14. The fourth-order valence-electron chi connectivity index (χ4n) is 9.90. The number of aryl methyl sites for hydroxylation is 1. The number of amides is 4. The summed E-state index contributed by atoms with van der Waals surface area (Å²) in [4.78, 5) is 79.4. The van der Waals surface area contributed by atoms with Crippen molar-refractivity contribution in [3.05, 3.63) is 154 Å². The van der Waals surface area contributed by atoms with Gasteiger partial charge < -0.3 is 35.3 Å². The Kier molecular flexibility index (Phi) is 13.7. The number of carboxylic acid groups (broad SMARTS) is 1. The molecule has 4 amide bonds. The van der Waals surface area contributed by atoms with E-state index in [4.69, 9.17) is 15.1 Å². The first-order valence-electron chi connectivity index (χ1n) is 24.3. The molecule has 3 aliphatic rings. The number of nitrogens with one attached hydrogen (secondary N) is 4. The van der Waals surface area contributed by atoms with Crippen molar-refractivity contribution in [2.75, 3.05) is 60.2 Å². The Bertz CT molecular complexity index is 3300. The molecule has 0 aliphatic carbocycles. The molecule has 5 N–H and O–H groups in total. The highest BCUT2D eigenvalue weighted by atomic mass is 32.1. The molecule has 3 aliphatic heterocycles. The minimum absolute atomic E-state index is 0.0801. The second kappa shape index (κ2) is 20.7. The van der Waals surface area contributed by atoms with Gasteiger partial charge in [-0.1, -0.05) is 59.9 Å². The van der Waals surface area contributed by atoms with Crippen LogP contribution in [0.3, 0.4) is 0 Å². The van der Waals surface area contributed by atoms with Crippen LogP contribution in [0.1, 0.15) is 67.9 Å². The lowest BCUT2D eigenvalue weighted by molar-refractivity contribution is -0.135. The molecule has 17 heteroatoms. The number of nitrogens with zero attached hydrogens (tertiary/aromatic N) is 5. The average Bonchev–Trinajstić information content (AvgIpc) is 3.82. The molecule has 5 aromatic carbocycles. The highest BCUT2D eigenvalue weighted by Gasteiger charge is 2.32. The number of ether oxygens (including phenoxy) is 1. The molecular formula is C56H53N9O7S. The fraction of sp³-hybridized carbons (Fsp3) is 0.250. The maximum absolute atomic E-state index is 13.6. The third kappa shape index (κ3) is 10.2. The molecule has 0 saturated carbocycles. The van der Waals surface area contributed by atoms with Gasteiger partial charge in [-0.15, -0.1) is 0 Å². The second-order valence-corrected chi connectivity index (χ2v) is 19.4. The lowest BCUT2D eigenvalue weighted by Crippen LogP contribution is -2.48. The van der Waals surface area contributed by atoms with Crippen LogP contribution in [-0.4, -0.2) is 95.1 Å². The van der Waals surface area contributed by atoms with Crippen molar-refractivity contribution < 1.29 is 33.8 Å². The number of thiazole rings is 1. The highest BCUT2D eigenvalue weighted by molar-refractivity contribution is 7.22. The molecule has 16 nitrogen and oxygen atoms in total. The van der Waals surface area contributed by atoms with Crippen LogP contribution in [-0.2, 0) is 33.8 Å². The SMILES string of the molecule is CNc1cc(N2CCN(C(=O)CCc3ccc(Oc4cccc(-c5ccc(N6CCc7cccc(C(=O)Nc8nc9ccccc9s8)c7C6)nc5C(=O)O)c4C)cc3)CC2)ccc1C(=N)C1CCC(=O)NC1=O. The summed E-state index contributed by atoms with van der Waals surface area (Å²) in [6.07, 6.45) is 2.10. The molecular weight excluding hydrogens is 943 g/mol. The number of hydrogen-bond donors (Lipinski definition) is 5. The Morgan fingerprint density at radius 1 is 0.836 bits per heavy atom. The van der Waals surface area contributed by atoms with Gasteiger partial charge in [0.25, 0.3) is 5.91 Å². The number of aromatic nitrogens is 2. The molecule has 10 rings (SSSR count). The number of pyridine rings is 1. The second-order valence-electron chi connectivity index (χ2n) is 18.4. The molecule has 0 radical (unpaired) electrons. The van der Waals surface area contributed by atoms with Gasteiger partial charge in [0.15, 0.2) is 10.8 Å². The molecule has 2 fully saturated rings. The number of hydrogen-bond acceptors (Lipinski definition) is 13. The Hall–Kier alpha value is -8.44. The van der Waals surface area contributed by atoms with Crippen molar-refractivity contribution in [2.24, 2.45) is 5.92 Å². The zero-order chi connectivity index (χ0) is 50.8. The van der Waals surface area contributed by atoms with Crippen LogP contribution in [0.4, 0.5) is 22.3 Å². The lowest BCUT2D eigenvalue weighted by atomic mass is 9.88. The monoisotopic (exact) mass is 995 g/mol. The number of aromatic carboxylic acids is 1. The predicted molar refractivity (Wildman–Crippen MR) is 282 cm³/mol. The number of piperazine rings is 1. The van der Waals surface area contributed by atoms with Gasteiger partial charge in [0.1, 0.15) is 17.3 Å². The van der Waals surface area contributed by atoms with E-state index in [1.54, 1.807) is 19.2 Å². The van der Waals surface area contributed by atoms with Crippen LogP contribution in [0, 0.1) is 18.3 Å². The van der Waals surface area contributed by atoms with E-state index < -0.39 is 17.8 Å². The van der Waals surface area contributed by atoms with E-state index in [1.165, 1.54) is 11.3 Å². The van der Waals surface area contributed by atoms with E-state index in [2.05, 4.69) is 25.8 Å². The third-order valence-electron chi connectivity index (χ3n) is 13.9. The fourth-order valence-corrected chi connectivity index (χ4v) is 10.8. The minimum Gasteiger partial charge on any atom is -0.476 e. The van der Waals surface area contributed by atoms with Gasteiger partial charge in [0, 0.05) is 87.2 Å². The Labute approximate surface area is 425 Å². The summed E-state index contributed by atoms with van der Waals surface area (Å²) in [7, 11) is 1.78. The first-order chi connectivity index (χ1) is 35.4. The van der Waals surface area contributed by atoms with Gasteiger partial charge in [-0.05, 0) is 121 Å². The zero-order valence-corrected chi connectivity index (χ0v) is 41.2. The molecule has 1 unspecified atom stereocenters. The molecule has 0 bridgehead atoms. The van der Waals surface area contributed by atoms with E-state index >= 15 is 0 Å². The van der Waals surface area contributed by atoms with Crippen LogP contribution in [0.2, 0.25) is 0 Å². The van der Waals surface area contributed by atoms with E-state index in [9.17, 15) is 29.1 Å². The standard InChI is InChI=1S/C56H53N9O7S/c1-33-38(39-20-22-48(60-52(39)55(70)71)65-26-25-35-7-5-9-40(43(35)32-65)53(68)62-56-59-44-10-3-4-12-47(44)73-56)8-6-11-46(33)72-37-17-13-34(14-18-37)15-24-50(67)64-29-27-63(28-30-64)36-16-19-41(45(31-36)58-2)51(57)42-21-23-49(66)61-54(42)69/h3-14,16-20,22,31,42,57-58H,15,21,23-30,32H2,1-2H3,(H,70,71)(H,59,62,68)(H,61,66,69). The number of para-hydroxylation sites is 1. The van der Waals surface area contributed by atoms with Crippen LogP contribution in [0.15, 0.2) is 115 Å². The first kappa shape index (κ1) is 48.2. The number of carboxylic acids is 1. The maximum atomic E-state index is 13.6. The van der Waals surface area contributed by atoms with Gasteiger partial charge in [-0.25, -0.2) is 14.8 Å². The molecule has 5 heterocycles. The average molecular weight is 996 g/mol. The number of anilines is 4. The molecule has 370 valence electrons. The number of piperidine rings is 1. The summed E-state index contributed by atoms with van der Waals surface area (Å²) in [6, 6.07) is 36.0. The van der Waals surface area contributed by atoms with Crippen molar-refractivity contribution in [3.8, 4) is 22.6 Å². The summed E-state index contributed by atoms with van der Waals surface area (Å²) in [5.41, 5.74) is 8.54. The van der Waals surface area contributed by atoms with Gasteiger partial charge in [0.05, 0.1) is 21.8 Å². The minimum atomic E-state index is -1.16. The van der Waals surface area contributed by atoms with Crippen LogP contribution < -0.4 is 30.5 Å². The summed E-state index contributed by atoms with van der Waals surface area (Å²) in [6.45, 7) is 5.31. The van der Waals surface area contributed by atoms with Gasteiger partial charge in [-0.2, -0.15) is 0 Å². The summed E-state index contributed by atoms with van der Waals surface area (Å²) >= 11 is 1.42. The van der Waals surface area contributed by atoms with Crippen LogP contribution >= 0.6 is 11.3 Å². The number of carbonyl (C=O) groups is 5. The van der Waals surface area contributed by atoms with Crippen molar-refractivity contribution in [2.45, 2.75) is 45.6 Å². The van der Waals surface area contributed by atoms with E-state index in [0.29, 0.717) is 110 Å². The molecule has 2 aromatic heterocycles. The highest BCUT2D eigenvalue weighted by Crippen LogP contribution is 2.37. The van der Waals surface area contributed by atoms with Crippen molar-refractivity contribution >= 4 is 79.2 Å². The zero-order valence-electron chi connectivity index (χ0n) is 40.4. The van der Waals surface area contributed by atoms with Crippen molar-refractivity contribution in [1.82, 2.24) is 20.2 Å². The van der Waals surface area contributed by atoms with E-state index in [1.807, 2.05) is 120 Å². The predicted octanol–water partition coefficient (Wildman–Crippen LogP) is 8.72. The van der Waals surface area contributed by atoms with Crippen LogP contribution in [0.5, 0.6) is 11.5 Å². The molecule has 7 aromatic rings. The van der Waals surface area contributed by atoms with Gasteiger partial charge in [-0.3, -0.25) is 29.8 Å². The quantitative estimate of drug-likeness (QED) is 0.0512. The van der Waals surface area contributed by atoms with E-state index in [0.717, 1.165) is 43.8 Å².